The van der Waals surface area contributed by atoms with E-state index < -0.39 is 15.9 Å². The Balaban J connectivity index is 3.12. The number of aryl methyl sites for hydroxylation is 1. The van der Waals surface area contributed by atoms with Gasteiger partial charge in [0.1, 0.15) is 0 Å². The Kier molecular flexibility index (Phi) is 3.70. The van der Waals surface area contributed by atoms with Crippen LogP contribution in [-0.2, 0) is 14.8 Å². The highest BCUT2D eigenvalue weighted by molar-refractivity contribution is 7.89. The van der Waals surface area contributed by atoms with E-state index in [9.17, 15) is 13.2 Å². The van der Waals surface area contributed by atoms with Gasteiger partial charge in [-0.25, -0.2) is 12.7 Å². The minimum Gasteiger partial charge on any atom is -0.274 e. The molecular weight excluding hydrogens is 226 g/mol. The second-order valence-corrected chi connectivity index (χ2v) is 5.50. The van der Waals surface area contributed by atoms with Gasteiger partial charge >= 0.3 is 0 Å². The molecule has 0 saturated carbocycles. The van der Waals surface area contributed by atoms with Gasteiger partial charge in [-0.3, -0.25) is 4.79 Å². The van der Waals surface area contributed by atoms with Crippen molar-refractivity contribution in [3.05, 3.63) is 29.8 Å². The van der Waals surface area contributed by atoms with Gasteiger partial charge in [-0.15, -0.1) is 0 Å². The van der Waals surface area contributed by atoms with Crippen molar-refractivity contribution in [1.82, 2.24) is 4.31 Å². The van der Waals surface area contributed by atoms with Crippen LogP contribution in [0.5, 0.6) is 0 Å². The number of hydrogen-bond acceptors (Lipinski definition) is 3. The molecule has 0 unspecified atom stereocenters. The van der Waals surface area contributed by atoms with Gasteiger partial charge < -0.3 is 0 Å². The van der Waals surface area contributed by atoms with Crippen LogP contribution in [0.3, 0.4) is 0 Å². The molecule has 0 heterocycles. The summed E-state index contributed by atoms with van der Waals surface area (Å²) >= 11 is 0. The van der Waals surface area contributed by atoms with Gasteiger partial charge in [0.25, 0.3) is 10.0 Å². The molecule has 4 nitrogen and oxygen atoms in total. The molecule has 0 fully saturated rings. The standard InChI is InChI=1S/C11H15NO3S/c1-4-11(13)12(3)16(14,15)10-7-5-9(2)6-8-10/h5-8H,4H2,1-3H3. The van der Waals surface area contributed by atoms with E-state index in [-0.39, 0.29) is 11.3 Å². The van der Waals surface area contributed by atoms with Gasteiger partial charge in [-0.1, -0.05) is 24.6 Å². The van der Waals surface area contributed by atoms with Crippen LogP contribution in [0, 0.1) is 6.92 Å². The van der Waals surface area contributed by atoms with Crippen LogP contribution in [0.1, 0.15) is 18.9 Å². The monoisotopic (exact) mass is 241 g/mol. The summed E-state index contributed by atoms with van der Waals surface area (Å²) in [5, 5.41) is 0. The lowest BCUT2D eigenvalue weighted by Crippen LogP contribution is -2.32. The van der Waals surface area contributed by atoms with Crippen LogP contribution < -0.4 is 0 Å². The van der Waals surface area contributed by atoms with Crippen molar-refractivity contribution in [3.8, 4) is 0 Å². The van der Waals surface area contributed by atoms with E-state index in [1.54, 1.807) is 19.1 Å². The van der Waals surface area contributed by atoms with E-state index in [2.05, 4.69) is 0 Å². The zero-order valence-corrected chi connectivity index (χ0v) is 10.4. The van der Waals surface area contributed by atoms with Crippen molar-refractivity contribution in [2.75, 3.05) is 7.05 Å². The molecule has 1 amide bonds. The number of rotatable bonds is 3. The molecule has 0 radical (unpaired) electrons. The third-order valence-corrected chi connectivity index (χ3v) is 4.13. The fourth-order valence-corrected chi connectivity index (χ4v) is 2.42. The quantitative estimate of drug-likeness (QED) is 0.806. The SMILES string of the molecule is CCC(=O)N(C)S(=O)(=O)c1ccc(C)cc1. The Morgan fingerprint density at radius 2 is 1.75 bits per heavy atom. The maximum Gasteiger partial charge on any atom is 0.266 e. The molecule has 0 atom stereocenters. The van der Waals surface area contributed by atoms with Crippen LogP contribution in [-0.4, -0.2) is 25.7 Å². The smallest absolute Gasteiger partial charge is 0.266 e. The molecule has 0 saturated heterocycles. The average molecular weight is 241 g/mol. The van der Waals surface area contributed by atoms with Gasteiger partial charge in [0.05, 0.1) is 4.90 Å². The molecule has 1 aromatic rings. The normalized spacial score (nSPS) is 11.2. The summed E-state index contributed by atoms with van der Waals surface area (Å²) in [7, 11) is -2.40. The molecule has 1 rings (SSSR count). The topological polar surface area (TPSA) is 54.5 Å². The summed E-state index contributed by atoms with van der Waals surface area (Å²) in [6, 6.07) is 6.42. The first kappa shape index (κ1) is 12.7. The first-order chi connectivity index (χ1) is 7.39. The van der Waals surface area contributed by atoms with Crippen LogP contribution in [0.4, 0.5) is 0 Å². The lowest BCUT2D eigenvalue weighted by Gasteiger charge is -2.16. The summed E-state index contributed by atoms with van der Waals surface area (Å²) in [5.74, 6) is -0.416. The Morgan fingerprint density at radius 3 is 2.19 bits per heavy atom. The minimum atomic E-state index is -3.68. The maximum atomic E-state index is 11.9. The van der Waals surface area contributed by atoms with Crippen molar-refractivity contribution in [1.29, 1.82) is 0 Å². The second kappa shape index (κ2) is 4.65. The number of carbonyl (C=O) groups is 1. The van der Waals surface area contributed by atoms with E-state index in [0.717, 1.165) is 9.87 Å². The van der Waals surface area contributed by atoms with Crippen molar-refractivity contribution < 1.29 is 13.2 Å². The Morgan fingerprint density at radius 1 is 1.25 bits per heavy atom. The molecule has 88 valence electrons. The first-order valence-corrected chi connectivity index (χ1v) is 6.42. The van der Waals surface area contributed by atoms with E-state index in [4.69, 9.17) is 0 Å². The molecule has 0 aliphatic rings. The summed E-state index contributed by atoms with van der Waals surface area (Å²) < 4.78 is 24.7. The van der Waals surface area contributed by atoms with Crippen molar-refractivity contribution in [2.24, 2.45) is 0 Å². The molecule has 5 heteroatoms. The maximum absolute atomic E-state index is 11.9. The zero-order chi connectivity index (χ0) is 12.3. The summed E-state index contributed by atoms with van der Waals surface area (Å²) in [6.45, 7) is 3.50. The molecule has 0 aliphatic heterocycles. The number of sulfonamides is 1. The van der Waals surface area contributed by atoms with E-state index >= 15 is 0 Å². The molecule has 0 bridgehead atoms. The van der Waals surface area contributed by atoms with Gasteiger partial charge in [-0.05, 0) is 19.1 Å². The number of carbonyl (C=O) groups excluding carboxylic acids is 1. The Hall–Kier alpha value is -1.36. The number of hydrogen-bond donors (Lipinski definition) is 0. The molecular formula is C11H15NO3S. The predicted molar refractivity (Wildman–Crippen MR) is 61.4 cm³/mol. The molecule has 0 N–H and O–H groups in total. The van der Waals surface area contributed by atoms with E-state index in [1.807, 2.05) is 6.92 Å². The van der Waals surface area contributed by atoms with Gasteiger partial charge in [0, 0.05) is 13.5 Å². The van der Waals surface area contributed by atoms with Gasteiger partial charge in [-0.2, -0.15) is 0 Å². The Labute approximate surface area is 95.9 Å². The van der Waals surface area contributed by atoms with E-state index in [0.29, 0.717) is 0 Å². The number of benzene rings is 1. The van der Waals surface area contributed by atoms with Crippen LogP contribution in [0.15, 0.2) is 29.2 Å². The fraction of sp³-hybridized carbons (Fsp3) is 0.364. The number of nitrogens with zero attached hydrogens (tertiary/aromatic N) is 1. The summed E-state index contributed by atoms with van der Waals surface area (Å²) in [4.78, 5) is 11.5. The molecule has 0 aromatic heterocycles. The zero-order valence-electron chi connectivity index (χ0n) is 9.60. The molecule has 1 aromatic carbocycles. The van der Waals surface area contributed by atoms with Crippen molar-refractivity contribution in [2.45, 2.75) is 25.2 Å². The minimum absolute atomic E-state index is 0.141. The predicted octanol–water partition coefficient (Wildman–Crippen LogP) is 1.55. The summed E-state index contributed by atoms with van der Waals surface area (Å²) in [6.07, 6.45) is 0.168. The molecule has 16 heavy (non-hydrogen) atoms. The van der Waals surface area contributed by atoms with Crippen molar-refractivity contribution in [3.63, 3.8) is 0 Å². The van der Waals surface area contributed by atoms with E-state index in [1.165, 1.54) is 19.2 Å². The highest BCUT2D eigenvalue weighted by atomic mass is 32.2. The molecule has 0 spiro atoms. The number of amides is 1. The highest BCUT2D eigenvalue weighted by Gasteiger charge is 2.23. The van der Waals surface area contributed by atoms with Gasteiger partial charge in [0.2, 0.25) is 5.91 Å². The second-order valence-electron chi connectivity index (χ2n) is 3.53. The first-order valence-electron chi connectivity index (χ1n) is 4.98. The van der Waals surface area contributed by atoms with Crippen LogP contribution >= 0.6 is 0 Å². The van der Waals surface area contributed by atoms with Crippen LogP contribution in [0.25, 0.3) is 0 Å². The van der Waals surface area contributed by atoms with Gasteiger partial charge in [0.15, 0.2) is 0 Å². The molecule has 0 aliphatic carbocycles. The third kappa shape index (κ3) is 2.41. The third-order valence-electron chi connectivity index (χ3n) is 2.33. The van der Waals surface area contributed by atoms with Crippen molar-refractivity contribution >= 4 is 15.9 Å². The lowest BCUT2D eigenvalue weighted by atomic mass is 10.2. The fourth-order valence-electron chi connectivity index (χ4n) is 1.23. The average Bonchev–Trinajstić information content (AvgIpc) is 2.27. The Bertz CT molecular complexity index is 476. The van der Waals surface area contributed by atoms with Crippen LogP contribution in [0.2, 0.25) is 0 Å². The lowest BCUT2D eigenvalue weighted by molar-refractivity contribution is -0.125. The summed E-state index contributed by atoms with van der Waals surface area (Å²) in [5.41, 5.74) is 0.975. The highest BCUT2D eigenvalue weighted by Crippen LogP contribution is 2.15. The largest absolute Gasteiger partial charge is 0.274 e.